The molecule has 0 saturated carbocycles. The van der Waals surface area contributed by atoms with Crippen LogP contribution in [0.5, 0.6) is 0 Å². The second kappa shape index (κ2) is 10.3. The first-order chi connectivity index (χ1) is 12.0. The molecular weight excluding hydrogens is 447 g/mol. The molecule has 1 aliphatic heterocycles. The summed E-state index contributed by atoms with van der Waals surface area (Å²) in [5, 5.41) is 5.92. The first-order valence-corrected chi connectivity index (χ1v) is 8.34. The molecule has 1 saturated heterocycles. The highest BCUT2D eigenvalue weighted by atomic mass is 127. The lowest BCUT2D eigenvalue weighted by molar-refractivity contribution is -0.145. The van der Waals surface area contributed by atoms with Crippen molar-refractivity contribution in [3.8, 4) is 0 Å². The number of methoxy groups -OCH3 is 1. The maximum absolute atomic E-state index is 11.8. The molecular formula is C18H27IN4O3. The molecule has 8 heteroatoms. The fourth-order valence-electron chi connectivity index (χ4n) is 3.08. The SMILES string of the molecule is CN=C(NCc1cccc(C(=O)NC)c1)N1CC(C)C(C(=O)OC)C1.I. The highest BCUT2D eigenvalue weighted by Crippen LogP contribution is 2.24. The van der Waals surface area contributed by atoms with Crippen LogP contribution in [0.3, 0.4) is 0 Å². The number of ether oxygens (including phenoxy) is 1. The van der Waals surface area contributed by atoms with E-state index in [1.54, 1.807) is 20.2 Å². The molecule has 0 spiro atoms. The van der Waals surface area contributed by atoms with E-state index in [1.165, 1.54) is 7.11 Å². The Balaban J connectivity index is 0.00000338. The van der Waals surface area contributed by atoms with Crippen molar-refractivity contribution in [2.24, 2.45) is 16.8 Å². The molecule has 1 aromatic rings. The van der Waals surface area contributed by atoms with Crippen LogP contribution in [0.4, 0.5) is 0 Å². The second-order valence-corrected chi connectivity index (χ2v) is 6.19. The number of benzene rings is 1. The number of esters is 1. The summed E-state index contributed by atoms with van der Waals surface area (Å²) in [6.07, 6.45) is 0. The van der Waals surface area contributed by atoms with Gasteiger partial charge in [-0.25, -0.2) is 0 Å². The summed E-state index contributed by atoms with van der Waals surface area (Å²) >= 11 is 0. The minimum Gasteiger partial charge on any atom is -0.469 e. The molecule has 2 rings (SSSR count). The van der Waals surface area contributed by atoms with Gasteiger partial charge in [0.05, 0.1) is 13.0 Å². The number of carbonyl (C=O) groups is 2. The summed E-state index contributed by atoms with van der Waals surface area (Å²) in [6, 6.07) is 7.44. The van der Waals surface area contributed by atoms with Gasteiger partial charge in [-0.3, -0.25) is 14.6 Å². The number of aliphatic imine (C=N–C) groups is 1. The molecule has 1 amide bonds. The molecule has 0 radical (unpaired) electrons. The summed E-state index contributed by atoms with van der Waals surface area (Å²) in [7, 11) is 4.75. The maximum atomic E-state index is 11.8. The van der Waals surface area contributed by atoms with E-state index >= 15 is 0 Å². The average molecular weight is 474 g/mol. The van der Waals surface area contributed by atoms with E-state index in [0.717, 1.165) is 18.1 Å². The van der Waals surface area contributed by atoms with Crippen LogP contribution in [0.2, 0.25) is 0 Å². The van der Waals surface area contributed by atoms with Crippen molar-refractivity contribution in [2.45, 2.75) is 13.5 Å². The topological polar surface area (TPSA) is 83.0 Å². The van der Waals surface area contributed by atoms with E-state index in [4.69, 9.17) is 4.74 Å². The van der Waals surface area contributed by atoms with Crippen LogP contribution in [0.25, 0.3) is 0 Å². The van der Waals surface area contributed by atoms with E-state index in [9.17, 15) is 9.59 Å². The third-order valence-corrected chi connectivity index (χ3v) is 4.49. The zero-order chi connectivity index (χ0) is 18.4. The van der Waals surface area contributed by atoms with Gasteiger partial charge in [-0.15, -0.1) is 24.0 Å². The normalized spacial score (nSPS) is 19.5. The van der Waals surface area contributed by atoms with Crippen molar-refractivity contribution < 1.29 is 14.3 Å². The van der Waals surface area contributed by atoms with Crippen LogP contribution in [0, 0.1) is 11.8 Å². The molecule has 1 aliphatic rings. The number of likely N-dealkylation sites (tertiary alicyclic amines) is 1. The Hall–Kier alpha value is -1.84. The Morgan fingerprint density at radius 2 is 2.08 bits per heavy atom. The highest BCUT2D eigenvalue weighted by Gasteiger charge is 2.36. The van der Waals surface area contributed by atoms with Crippen molar-refractivity contribution >= 4 is 41.8 Å². The minimum absolute atomic E-state index is 0. The van der Waals surface area contributed by atoms with Gasteiger partial charge in [-0.2, -0.15) is 0 Å². The molecule has 144 valence electrons. The first kappa shape index (κ1) is 22.2. The van der Waals surface area contributed by atoms with Crippen molar-refractivity contribution in [3.05, 3.63) is 35.4 Å². The Morgan fingerprint density at radius 3 is 2.69 bits per heavy atom. The molecule has 1 heterocycles. The molecule has 1 aromatic carbocycles. The Labute approximate surface area is 171 Å². The predicted octanol–water partition coefficient (Wildman–Crippen LogP) is 1.48. The third-order valence-electron chi connectivity index (χ3n) is 4.49. The van der Waals surface area contributed by atoms with Gasteiger partial charge in [0.2, 0.25) is 0 Å². The number of carbonyl (C=O) groups excluding carboxylic acids is 2. The number of hydrogen-bond donors (Lipinski definition) is 2. The van der Waals surface area contributed by atoms with Crippen molar-refractivity contribution in [1.29, 1.82) is 0 Å². The van der Waals surface area contributed by atoms with Gasteiger partial charge in [0, 0.05) is 39.3 Å². The van der Waals surface area contributed by atoms with Crippen molar-refractivity contribution in [3.63, 3.8) is 0 Å². The van der Waals surface area contributed by atoms with E-state index in [1.807, 2.05) is 25.1 Å². The molecule has 1 fully saturated rings. The van der Waals surface area contributed by atoms with Gasteiger partial charge >= 0.3 is 5.97 Å². The summed E-state index contributed by atoms with van der Waals surface area (Å²) in [5.41, 5.74) is 1.61. The van der Waals surface area contributed by atoms with Gasteiger partial charge in [0.1, 0.15) is 0 Å². The van der Waals surface area contributed by atoms with Gasteiger partial charge in [0.25, 0.3) is 5.91 Å². The molecule has 26 heavy (non-hydrogen) atoms. The highest BCUT2D eigenvalue weighted by molar-refractivity contribution is 14.0. The van der Waals surface area contributed by atoms with E-state index in [-0.39, 0.29) is 47.7 Å². The molecule has 0 bridgehead atoms. The van der Waals surface area contributed by atoms with Crippen LogP contribution < -0.4 is 10.6 Å². The summed E-state index contributed by atoms with van der Waals surface area (Å²) in [4.78, 5) is 29.9. The lowest BCUT2D eigenvalue weighted by Gasteiger charge is -2.21. The Kier molecular flexibility index (Phi) is 8.83. The number of halogens is 1. The van der Waals surface area contributed by atoms with Crippen LogP contribution in [0.15, 0.2) is 29.3 Å². The molecule has 7 nitrogen and oxygen atoms in total. The van der Waals surface area contributed by atoms with Crippen LogP contribution >= 0.6 is 24.0 Å². The lowest BCUT2D eigenvalue weighted by Crippen LogP contribution is -2.40. The molecule has 2 N–H and O–H groups in total. The summed E-state index contributed by atoms with van der Waals surface area (Å²) in [5.74, 6) is 0.524. The number of nitrogens with zero attached hydrogens (tertiary/aromatic N) is 2. The number of rotatable bonds is 4. The number of amides is 1. The van der Waals surface area contributed by atoms with E-state index in [0.29, 0.717) is 18.7 Å². The van der Waals surface area contributed by atoms with E-state index < -0.39 is 0 Å². The smallest absolute Gasteiger partial charge is 0.310 e. The van der Waals surface area contributed by atoms with E-state index in [2.05, 4.69) is 20.5 Å². The largest absolute Gasteiger partial charge is 0.469 e. The Morgan fingerprint density at radius 1 is 1.35 bits per heavy atom. The Bertz CT molecular complexity index is 666. The number of guanidine groups is 1. The summed E-state index contributed by atoms with van der Waals surface area (Å²) in [6.45, 7) is 3.93. The minimum atomic E-state index is -0.177. The maximum Gasteiger partial charge on any atom is 0.310 e. The zero-order valence-electron chi connectivity index (χ0n) is 15.6. The summed E-state index contributed by atoms with van der Waals surface area (Å²) < 4.78 is 4.88. The zero-order valence-corrected chi connectivity index (χ0v) is 17.9. The molecule has 2 atom stereocenters. The van der Waals surface area contributed by atoms with Crippen molar-refractivity contribution in [1.82, 2.24) is 15.5 Å². The van der Waals surface area contributed by atoms with Crippen molar-refractivity contribution in [2.75, 3.05) is 34.3 Å². The van der Waals surface area contributed by atoms with Gasteiger partial charge in [-0.05, 0) is 23.6 Å². The second-order valence-electron chi connectivity index (χ2n) is 6.19. The molecule has 0 aliphatic carbocycles. The predicted molar refractivity (Wildman–Crippen MR) is 112 cm³/mol. The van der Waals surface area contributed by atoms with Crippen LogP contribution in [0.1, 0.15) is 22.8 Å². The fraction of sp³-hybridized carbons (Fsp3) is 0.500. The molecule has 2 unspecified atom stereocenters. The third kappa shape index (κ3) is 5.33. The first-order valence-electron chi connectivity index (χ1n) is 8.34. The molecule has 0 aromatic heterocycles. The van der Waals surface area contributed by atoms with Crippen LogP contribution in [-0.4, -0.2) is 57.0 Å². The van der Waals surface area contributed by atoms with Gasteiger partial charge in [-0.1, -0.05) is 19.1 Å². The van der Waals surface area contributed by atoms with Gasteiger partial charge < -0.3 is 20.3 Å². The number of hydrogen-bond acceptors (Lipinski definition) is 4. The monoisotopic (exact) mass is 474 g/mol. The fourth-order valence-corrected chi connectivity index (χ4v) is 3.08. The standard InChI is InChI=1S/C18H26N4O3.HI/c1-12-10-22(11-15(12)17(24)25-4)18(20-3)21-9-13-6-5-7-14(8-13)16(23)19-2;/h5-8,12,15H,9-11H2,1-4H3,(H,19,23)(H,20,21);1H. The average Bonchev–Trinajstić information content (AvgIpc) is 3.02. The van der Waals surface area contributed by atoms with Gasteiger partial charge in [0.15, 0.2) is 5.96 Å². The quantitative estimate of drug-likeness (QED) is 0.299. The lowest BCUT2D eigenvalue weighted by atomic mass is 9.99. The number of nitrogens with one attached hydrogen (secondary N) is 2. The van der Waals surface area contributed by atoms with Crippen LogP contribution in [-0.2, 0) is 16.1 Å².